The summed E-state index contributed by atoms with van der Waals surface area (Å²) in [5.41, 5.74) is 1.31. The molecule has 4 heterocycles. The topological polar surface area (TPSA) is 52.6 Å². The van der Waals surface area contributed by atoms with Crippen LogP contribution < -0.4 is 4.90 Å². The second-order valence-electron chi connectivity index (χ2n) is 11.3. The fraction of sp³-hybridized carbons (Fsp3) is 0.808. The van der Waals surface area contributed by atoms with Crippen molar-refractivity contribution in [2.75, 3.05) is 31.1 Å². The molecule has 176 valence electrons. The van der Waals surface area contributed by atoms with Gasteiger partial charge in [-0.2, -0.15) is 0 Å². The SMILES string of the molecule is CC(C)C(=O)C1CC(N2CCC(c3cnc(N4C5CCC4CN(C(C)C)C5)nc3)CC2)C1. The van der Waals surface area contributed by atoms with E-state index >= 15 is 0 Å². The molecular formula is C26H41N5O. The van der Waals surface area contributed by atoms with Gasteiger partial charge < -0.3 is 9.80 Å². The molecule has 3 aliphatic heterocycles. The maximum absolute atomic E-state index is 12.2. The fourth-order valence-electron chi connectivity index (χ4n) is 6.55. The standard InChI is InChI=1S/C26H41N5O/c1-17(2)25(32)20-11-24(12-20)29-9-7-19(8-10-29)21-13-27-26(28-14-21)31-22-5-6-23(31)16-30(15-22)18(3)4/h13-14,17-20,22-24H,5-12,15-16H2,1-4H3. The van der Waals surface area contributed by atoms with Gasteiger partial charge in [-0.25, -0.2) is 9.97 Å². The molecule has 2 unspecified atom stereocenters. The van der Waals surface area contributed by atoms with Gasteiger partial charge in [0.2, 0.25) is 5.95 Å². The fourth-order valence-corrected chi connectivity index (χ4v) is 6.55. The van der Waals surface area contributed by atoms with E-state index in [1.54, 1.807) is 0 Å². The lowest BCUT2D eigenvalue weighted by Gasteiger charge is -2.45. The van der Waals surface area contributed by atoms with Crippen molar-refractivity contribution in [3.05, 3.63) is 18.0 Å². The number of aromatic nitrogens is 2. The van der Waals surface area contributed by atoms with Crippen LogP contribution in [0.3, 0.4) is 0 Å². The summed E-state index contributed by atoms with van der Waals surface area (Å²) in [4.78, 5) is 29.7. The zero-order chi connectivity index (χ0) is 22.4. The van der Waals surface area contributed by atoms with Crippen molar-refractivity contribution in [3.63, 3.8) is 0 Å². The lowest BCUT2D eigenvalue weighted by Crippen LogP contribution is -2.56. The molecule has 0 aromatic carbocycles. The maximum Gasteiger partial charge on any atom is 0.225 e. The minimum absolute atomic E-state index is 0.184. The molecule has 32 heavy (non-hydrogen) atoms. The molecule has 0 N–H and O–H groups in total. The van der Waals surface area contributed by atoms with Crippen molar-refractivity contribution in [1.82, 2.24) is 19.8 Å². The van der Waals surface area contributed by atoms with Gasteiger partial charge in [0.15, 0.2) is 0 Å². The number of piperidine rings is 1. The number of likely N-dealkylation sites (tertiary alicyclic amines) is 2. The van der Waals surface area contributed by atoms with Gasteiger partial charge in [-0.1, -0.05) is 13.8 Å². The van der Waals surface area contributed by atoms with Gasteiger partial charge in [0, 0.05) is 61.5 Å². The number of anilines is 1. The quantitative estimate of drug-likeness (QED) is 0.673. The van der Waals surface area contributed by atoms with Crippen molar-refractivity contribution >= 4 is 11.7 Å². The molecule has 0 amide bonds. The van der Waals surface area contributed by atoms with Gasteiger partial charge in [-0.15, -0.1) is 0 Å². The van der Waals surface area contributed by atoms with Crippen LogP contribution in [0.1, 0.15) is 77.7 Å². The molecule has 4 aliphatic rings. The zero-order valence-corrected chi connectivity index (χ0v) is 20.4. The van der Waals surface area contributed by atoms with E-state index in [2.05, 4.69) is 40.9 Å². The summed E-state index contributed by atoms with van der Waals surface area (Å²) >= 11 is 0. The van der Waals surface area contributed by atoms with Gasteiger partial charge >= 0.3 is 0 Å². The smallest absolute Gasteiger partial charge is 0.225 e. The second-order valence-corrected chi connectivity index (χ2v) is 11.3. The van der Waals surface area contributed by atoms with Gasteiger partial charge in [-0.3, -0.25) is 9.69 Å². The largest absolute Gasteiger partial charge is 0.332 e. The number of carbonyl (C=O) groups excluding carboxylic acids is 1. The summed E-state index contributed by atoms with van der Waals surface area (Å²) in [6.45, 7) is 13.2. The maximum atomic E-state index is 12.2. The molecule has 4 fully saturated rings. The van der Waals surface area contributed by atoms with E-state index in [1.807, 2.05) is 13.8 Å². The molecule has 6 nitrogen and oxygen atoms in total. The van der Waals surface area contributed by atoms with Crippen LogP contribution in [0.5, 0.6) is 0 Å². The third-order valence-corrected chi connectivity index (χ3v) is 8.73. The molecule has 6 heteroatoms. The first kappa shape index (κ1) is 22.3. The molecule has 5 rings (SSSR count). The van der Waals surface area contributed by atoms with E-state index in [-0.39, 0.29) is 5.92 Å². The van der Waals surface area contributed by atoms with Crippen LogP contribution in [0.15, 0.2) is 12.4 Å². The van der Waals surface area contributed by atoms with Crippen LogP contribution in [0.2, 0.25) is 0 Å². The Morgan fingerprint density at radius 2 is 1.50 bits per heavy atom. The highest BCUT2D eigenvalue weighted by molar-refractivity contribution is 5.83. The highest BCUT2D eigenvalue weighted by Gasteiger charge is 2.42. The Hall–Kier alpha value is -1.53. The number of Topliss-reactive ketones (excluding diaryl/α,β-unsaturated/α-hetero) is 1. The van der Waals surface area contributed by atoms with E-state index in [9.17, 15) is 4.79 Å². The molecular weight excluding hydrogens is 398 g/mol. The van der Waals surface area contributed by atoms with Crippen LogP contribution in [0.25, 0.3) is 0 Å². The first-order valence-electron chi connectivity index (χ1n) is 13.0. The highest BCUT2D eigenvalue weighted by Crippen LogP contribution is 2.38. The number of nitrogens with zero attached hydrogens (tertiary/aromatic N) is 5. The summed E-state index contributed by atoms with van der Waals surface area (Å²) in [6, 6.07) is 2.39. The van der Waals surface area contributed by atoms with Crippen molar-refractivity contribution in [2.24, 2.45) is 11.8 Å². The lowest BCUT2D eigenvalue weighted by molar-refractivity contribution is -0.130. The summed E-state index contributed by atoms with van der Waals surface area (Å²) in [5.74, 6) is 2.48. The molecule has 0 radical (unpaired) electrons. The van der Waals surface area contributed by atoms with Gasteiger partial charge in [0.05, 0.1) is 0 Å². The first-order valence-corrected chi connectivity index (χ1v) is 13.0. The van der Waals surface area contributed by atoms with Crippen molar-refractivity contribution in [1.29, 1.82) is 0 Å². The Morgan fingerprint density at radius 3 is 2.03 bits per heavy atom. The molecule has 3 saturated heterocycles. The average molecular weight is 440 g/mol. The molecule has 2 atom stereocenters. The third kappa shape index (κ3) is 4.21. The monoisotopic (exact) mass is 439 g/mol. The van der Waals surface area contributed by atoms with Gasteiger partial charge in [0.1, 0.15) is 5.78 Å². The third-order valence-electron chi connectivity index (χ3n) is 8.73. The molecule has 2 bridgehead atoms. The Kier molecular flexibility index (Phi) is 6.28. The molecule has 1 aromatic heterocycles. The highest BCUT2D eigenvalue weighted by atomic mass is 16.1. The second kappa shape index (κ2) is 9.02. The minimum atomic E-state index is 0.184. The number of hydrogen-bond acceptors (Lipinski definition) is 6. The minimum Gasteiger partial charge on any atom is -0.332 e. The normalized spacial score (nSPS) is 32.0. The van der Waals surface area contributed by atoms with Crippen molar-refractivity contribution in [3.8, 4) is 0 Å². The predicted molar refractivity (Wildman–Crippen MR) is 128 cm³/mol. The number of rotatable bonds is 6. The van der Waals surface area contributed by atoms with E-state index in [1.165, 1.54) is 31.2 Å². The number of piperazine rings is 1. The molecule has 1 aromatic rings. The Labute approximate surface area is 193 Å². The summed E-state index contributed by atoms with van der Waals surface area (Å²) in [7, 11) is 0. The number of fused-ring (bicyclic) bond motifs is 2. The van der Waals surface area contributed by atoms with E-state index in [0.717, 1.165) is 45.0 Å². The summed E-state index contributed by atoms with van der Waals surface area (Å²) in [5, 5.41) is 0. The van der Waals surface area contributed by atoms with Crippen LogP contribution in [-0.2, 0) is 4.79 Å². The van der Waals surface area contributed by atoms with Crippen LogP contribution in [0, 0.1) is 11.8 Å². The van der Waals surface area contributed by atoms with Crippen molar-refractivity contribution < 1.29 is 4.79 Å². The van der Waals surface area contributed by atoms with Crippen molar-refractivity contribution in [2.45, 2.75) is 96.3 Å². The Bertz CT molecular complexity index is 781. The predicted octanol–water partition coefficient (Wildman–Crippen LogP) is 3.72. The zero-order valence-electron chi connectivity index (χ0n) is 20.4. The molecule has 1 saturated carbocycles. The Balaban J connectivity index is 1.13. The molecule has 0 spiro atoms. The molecule has 1 aliphatic carbocycles. The number of hydrogen-bond donors (Lipinski definition) is 0. The van der Waals surface area contributed by atoms with Crippen LogP contribution >= 0.6 is 0 Å². The first-order chi connectivity index (χ1) is 15.4. The summed E-state index contributed by atoms with van der Waals surface area (Å²) < 4.78 is 0. The Morgan fingerprint density at radius 1 is 0.906 bits per heavy atom. The lowest BCUT2D eigenvalue weighted by atomic mass is 9.73. The van der Waals surface area contributed by atoms with Crippen LogP contribution in [0.4, 0.5) is 5.95 Å². The summed E-state index contributed by atoms with van der Waals surface area (Å²) in [6.07, 6.45) is 11.3. The van der Waals surface area contributed by atoms with E-state index in [4.69, 9.17) is 9.97 Å². The number of carbonyl (C=O) groups is 1. The van der Waals surface area contributed by atoms with E-state index < -0.39 is 0 Å². The van der Waals surface area contributed by atoms with Crippen LogP contribution in [-0.4, -0.2) is 75.9 Å². The van der Waals surface area contributed by atoms with Gasteiger partial charge in [-0.05, 0) is 76.9 Å². The van der Waals surface area contributed by atoms with Gasteiger partial charge in [0.25, 0.3) is 0 Å². The number of ketones is 1. The van der Waals surface area contributed by atoms with E-state index in [0.29, 0.717) is 41.8 Å². The average Bonchev–Trinajstić information content (AvgIpc) is 3.02.